The van der Waals surface area contributed by atoms with Crippen LogP contribution in [-0.2, 0) is 18.6 Å². The van der Waals surface area contributed by atoms with Crippen molar-refractivity contribution in [2.75, 3.05) is 19.1 Å². The van der Waals surface area contributed by atoms with E-state index in [4.69, 9.17) is 37.8 Å². The van der Waals surface area contributed by atoms with Gasteiger partial charge in [0.1, 0.15) is 42.6 Å². The molecule has 2 unspecified atom stereocenters. The van der Waals surface area contributed by atoms with Crippen LogP contribution in [0.25, 0.3) is 0 Å². The van der Waals surface area contributed by atoms with Crippen molar-refractivity contribution in [3.8, 4) is 11.5 Å². The number of aliphatic hydroxyl groups is 3. The molecule has 1 aromatic heterocycles. The number of hydrogen-bond acceptors (Lipinski definition) is 7. The molecule has 8 nitrogen and oxygen atoms in total. The van der Waals surface area contributed by atoms with Gasteiger partial charge in [0.2, 0.25) is 0 Å². The summed E-state index contributed by atoms with van der Waals surface area (Å²) in [5.74, 6) is 1.22. The SMILES string of the molecule is CC(C)(c1ccc(OCC(O)Cn2cc(CO)nn2)cc1)c1ccc(OCC(O)CCl)c(Cl)c1. The number of aliphatic hydroxyl groups excluding tert-OH is 3. The van der Waals surface area contributed by atoms with Crippen LogP contribution in [0.15, 0.2) is 48.7 Å². The average Bonchev–Trinajstić information content (AvgIpc) is 3.29. The molecule has 3 rings (SSSR count). The number of halogens is 2. The molecule has 2 aromatic carbocycles. The molecule has 0 aliphatic rings. The molecule has 1 heterocycles. The average molecular weight is 510 g/mol. The zero-order chi connectivity index (χ0) is 24.7. The summed E-state index contributed by atoms with van der Waals surface area (Å²) in [5, 5.41) is 36.9. The summed E-state index contributed by atoms with van der Waals surface area (Å²) in [6.45, 7) is 4.36. The Kier molecular flexibility index (Phi) is 9.16. The minimum Gasteiger partial charge on any atom is -0.491 e. The van der Waals surface area contributed by atoms with Gasteiger partial charge in [-0.1, -0.05) is 48.9 Å². The van der Waals surface area contributed by atoms with E-state index in [9.17, 15) is 10.2 Å². The van der Waals surface area contributed by atoms with Crippen LogP contribution in [0.1, 0.15) is 30.7 Å². The summed E-state index contributed by atoms with van der Waals surface area (Å²) in [6, 6.07) is 13.3. The monoisotopic (exact) mass is 509 g/mol. The third-order valence-corrected chi connectivity index (χ3v) is 6.08. The topological polar surface area (TPSA) is 110 Å². The van der Waals surface area contributed by atoms with Gasteiger partial charge in [0, 0.05) is 5.41 Å². The lowest BCUT2D eigenvalue weighted by molar-refractivity contribution is 0.0888. The first kappa shape index (κ1) is 26.2. The molecule has 0 radical (unpaired) electrons. The van der Waals surface area contributed by atoms with Gasteiger partial charge in [-0.2, -0.15) is 0 Å². The van der Waals surface area contributed by atoms with Crippen LogP contribution in [0.3, 0.4) is 0 Å². The minimum atomic E-state index is -0.780. The van der Waals surface area contributed by atoms with E-state index < -0.39 is 12.2 Å². The molecule has 0 saturated carbocycles. The van der Waals surface area contributed by atoms with Crippen LogP contribution in [0.4, 0.5) is 0 Å². The zero-order valence-corrected chi connectivity index (χ0v) is 20.6. The molecule has 34 heavy (non-hydrogen) atoms. The highest BCUT2D eigenvalue weighted by atomic mass is 35.5. The van der Waals surface area contributed by atoms with Gasteiger partial charge in [0.15, 0.2) is 0 Å². The van der Waals surface area contributed by atoms with Gasteiger partial charge in [-0.3, -0.25) is 0 Å². The molecule has 3 aromatic rings. The first-order chi connectivity index (χ1) is 16.2. The van der Waals surface area contributed by atoms with Gasteiger partial charge in [0.25, 0.3) is 0 Å². The Bertz CT molecular complexity index is 1060. The minimum absolute atomic E-state index is 0.0741. The Morgan fingerprint density at radius 2 is 1.68 bits per heavy atom. The fraction of sp³-hybridized carbons (Fsp3) is 0.417. The molecule has 0 bridgehead atoms. The fourth-order valence-electron chi connectivity index (χ4n) is 3.33. The molecule has 184 valence electrons. The van der Waals surface area contributed by atoms with E-state index in [1.807, 2.05) is 36.4 Å². The van der Waals surface area contributed by atoms with Crippen molar-refractivity contribution in [3.05, 3.63) is 70.5 Å². The van der Waals surface area contributed by atoms with E-state index in [0.717, 1.165) is 11.1 Å². The number of benzene rings is 2. The summed E-state index contributed by atoms with van der Waals surface area (Å²) in [6.07, 6.45) is 0.0454. The zero-order valence-electron chi connectivity index (χ0n) is 19.1. The summed E-state index contributed by atoms with van der Waals surface area (Å²) in [7, 11) is 0. The van der Waals surface area contributed by atoms with Crippen molar-refractivity contribution >= 4 is 23.2 Å². The number of aromatic nitrogens is 3. The molecular formula is C24H29Cl2N3O5. The Labute approximate surface area is 208 Å². The Morgan fingerprint density at radius 3 is 2.29 bits per heavy atom. The van der Waals surface area contributed by atoms with Crippen molar-refractivity contribution < 1.29 is 24.8 Å². The summed E-state index contributed by atoms with van der Waals surface area (Å²) in [4.78, 5) is 0. The van der Waals surface area contributed by atoms with Gasteiger partial charge >= 0.3 is 0 Å². The van der Waals surface area contributed by atoms with E-state index in [1.54, 1.807) is 12.3 Å². The fourth-order valence-corrected chi connectivity index (χ4v) is 3.66. The maximum atomic E-state index is 10.2. The Hall–Kier alpha value is -2.36. The quantitative estimate of drug-likeness (QED) is 0.321. The number of rotatable bonds is 12. The molecule has 0 amide bonds. The third kappa shape index (κ3) is 6.84. The molecule has 0 spiro atoms. The molecule has 10 heteroatoms. The number of alkyl halides is 1. The number of nitrogens with zero attached hydrogens (tertiary/aromatic N) is 3. The van der Waals surface area contributed by atoms with E-state index in [0.29, 0.717) is 22.2 Å². The smallest absolute Gasteiger partial charge is 0.138 e. The van der Waals surface area contributed by atoms with Gasteiger partial charge in [-0.05, 0) is 35.4 Å². The molecule has 0 fully saturated rings. The second-order valence-corrected chi connectivity index (χ2v) is 9.18. The van der Waals surface area contributed by atoms with E-state index >= 15 is 0 Å². The highest BCUT2D eigenvalue weighted by Crippen LogP contribution is 2.36. The Balaban J connectivity index is 1.59. The lowest BCUT2D eigenvalue weighted by Crippen LogP contribution is -2.24. The van der Waals surface area contributed by atoms with Gasteiger partial charge in [-0.15, -0.1) is 16.7 Å². The van der Waals surface area contributed by atoms with Crippen molar-refractivity contribution in [2.24, 2.45) is 0 Å². The van der Waals surface area contributed by atoms with Gasteiger partial charge in [-0.25, -0.2) is 4.68 Å². The number of hydrogen-bond donors (Lipinski definition) is 3. The maximum absolute atomic E-state index is 10.2. The third-order valence-electron chi connectivity index (χ3n) is 5.43. The normalized spacial score (nSPS) is 13.5. The van der Waals surface area contributed by atoms with Gasteiger partial charge in [0.05, 0.1) is 30.3 Å². The van der Waals surface area contributed by atoms with Crippen LogP contribution >= 0.6 is 23.2 Å². The molecule has 0 saturated heterocycles. The second-order valence-electron chi connectivity index (χ2n) is 8.47. The predicted octanol–water partition coefficient (Wildman–Crippen LogP) is 3.17. The van der Waals surface area contributed by atoms with Crippen LogP contribution in [0.2, 0.25) is 5.02 Å². The highest BCUT2D eigenvalue weighted by molar-refractivity contribution is 6.32. The standard InChI is InChI=1S/C24H29Cl2N3O5/c1-24(2,17-5-8-23(22(26)9-17)34-14-19(31)10-25)16-3-6-21(7-4-16)33-15-20(32)12-29-11-18(13-30)27-28-29/h3-9,11,19-20,30-32H,10,12-15H2,1-2H3. The molecule has 0 aliphatic heterocycles. The maximum Gasteiger partial charge on any atom is 0.138 e. The van der Waals surface area contributed by atoms with Crippen LogP contribution in [-0.4, -0.2) is 61.6 Å². The van der Waals surface area contributed by atoms with E-state index in [2.05, 4.69) is 24.2 Å². The van der Waals surface area contributed by atoms with Crippen molar-refractivity contribution in [3.63, 3.8) is 0 Å². The van der Waals surface area contributed by atoms with Crippen molar-refractivity contribution in [2.45, 2.75) is 44.6 Å². The summed E-state index contributed by atoms with van der Waals surface area (Å²) < 4.78 is 12.7. The molecule has 3 N–H and O–H groups in total. The lowest BCUT2D eigenvalue weighted by atomic mass is 9.78. The van der Waals surface area contributed by atoms with Gasteiger partial charge < -0.3 is 24.8 Å². The number of ether oxygens (including phenoxy) is 2. The van der Waals surface area contributed by atoms with Crippen LogP contribution < -0.4 is 9.47 Å². The second kappa shape index (κ2) is 11.9. The summed E-state index contributed by atoms with van der Waals surface area (Å²) in [5.41, 5.74) is 2.16. The van der Waals surface area contributed by atoms with Crippen molar-refractivity contribution in [1.82, 2.24) is 15.0 Å². The predicted molar refractivity (Wildman–Crippen MR) is 130 cm³/mol. The summed E-state index contributed by atoms with van der Waals surface area (Å²) >= 11 is 12.0. The lowest BCUT2D eigenvalue weighted by Gasteiger charge is -2.27. The molecule has 0 aliphatic carbocycles. The molecule has 2 atom stereocenters. The van der Waals surface area contributed by atoms with E-state index in [1.165, 1.54) is 4.68 Å². The van der Waals surface area contributed by atoms with Crippen LogP contribution in [0.5, 0.6) is 11.5 Å². The molecular weight excluding hydrogens is 481 g/mol. The largest absolute Gasteiger partial charge is 0.491 e. The first-order valence-electron chi connectivity index (χ1n) is 10.8. The Morgan fingerprint density at radius 1 is 1.00 bits per heavy atom. The first-order valence-corrected chi connectivity index (χ1v) is 11.7. The highest BCUT2D eigenvalue weighted by Gasteiger charge is 2.24. The van der Waals surface area contributed by atoms with Crippen LogP contribution in [0, 0.1) is 0 Å². The van der Waals surface area contributed by atoms with E-state index in [-0.39, 0.29) is 37.7 Å². The van der Waals surface area contributed by atoms with Crippen molar-refractivity contribution in [1.29, 1.82) is 0 Å².